The predicted octanol–water partition coefficient (Wildman–Crippen LogP) is 3.97. The number of benzene rings is 2. The second-order valence-electron chi connectivity index (χ2n) is 8.05. The third-order valence-electron chi connectivity index (χ3n) is 5.88. The first kappa shape index (κ1) is 19.6. The van der Waals surface area contributed by atoms with Crippen molar-refractivity contribution in [1.82, 2.24) is 10.2 Å². The van der Waals surface area contributed by atoms with Crippen LogP contribution in [0.15, 0.2) is 66.2 Å². The van der Waals surface area contributed by atoms with Crippen LogP contribution < -0.4 is 5.32 Å². The Balaban J connectivity index is 1.37. The van der Waals surface area contributed by atoms with Gasteiger partial charge in [0.2, 0.25) is 5.91 Å². The van der Waals surface area contributed by atoms with Crippen LogP contribution in [-0.4, -0.2) is 35.7 Å². The molecule has 0 aromatic heterocycles. The number of rotatable bonds is 6. The fourth-order valence-corrected chi connectivity index (χ4v) is 4.47. The Morgan fingerprint density at radius 3 is 2.48 bits per heavy atom. The molecule has 150 valence electrons. The summed E-state index contributed by atoms with van der Waals surface area (Å²) < 4.78 is 0. The Morgan fingerprint density at radius 1 is 1.00 bits per heavy atom. The molecule has 1 atom stereocenters. The number of piperidine rings is 1. The molecule has 1 fully saturated rings. The molecule has 1 N–H and O–H groups in total. The number of likely N-dealkylation sites (tertiary alicyclic amines) is 1. The van der Waals surface area contributed by atoms with Crippen LogP contribution in [0.1, 0.15) is 43.2 Å². The van der Waals surface area contributed by atoms with Crippen LogP contribution in [-0.2, 0) is 16.1 Å². The molecule has 2 aromatic carbocycles. The average molecular weight is 389 g/mol. The van der Waals surface area contributed by atoms with Crippen molar-refractivity contribution < 1.29 is 9.59 Å². The first-order valence-corrected chi connectivity index (χ1v) is 10.6. The monoisotopic (exact) mass is 388 g/mol. The molecule has 4 rings (SSSR count). The van der Waals surface area contributed by atoms with E-state index in [2.05, 4.69) is 34.5 Å². The van der Waals surface area contributed by atoms with Gasteiger partial charge in [0.05, 0.1) is 6.42 Å². The minimum Gasteiger partial charge on any atom is -0.352 e. The Bertz CT molecular complexity index is 890. The molecule has 0 bridgehead atoms. The second-order valence-corrected chi connectivity index (χ2v) is 8.05. The lowest BCUT2D eigenvalue weighted by Crippen LogP contribution is -2.47. The number of amides is 1. The minimum absolute atomic E-state index is 0.0322. The maximum absolute atomic E-state index is 12.7. The average Bonchev–Trinajstić information content (AvgIpc) is 3.10. The van der Waals surface area contributed by atoms with Gasteiger partial charge in [-0.05, 0) is 42.5 Å². The molecule has 0 radical (unpaired) electrons. The van der Waals surface area contributed by atoms with Crippen LogP contribution in [0.25, 0.3) is 5.57 Å². The lowest BCUT2D eigenvalue weighted by atomic mass is 9.99. The van der Waals surface area contributed by atoms with Gasteiger partial charge in [0, 0.05) is 31.1 Å². The van der Waals surface area contributed by atoms with Crippen molar-refractivity contribution in [1.29, 1.82) is 0 Å². The van der Waals surface area contributed by atoms with Gasteiger partial charge in [-0.25, -0.2) is 0 Å². The third kappa shape index (κ3) is 5.01. The smallest absolute Gasteiger partial charge is 0.224 e. The first-order valence-electron chi connectivity index (χ1n) is 10.6. The summed E-state index contributed by atoms with van der Waals surface area (Å²) >= 11 is 0. The van der Waals surface area contributed by atoms with Crippen LogP contribution in [0.4, 0.5) is 0 Å². The molecule has 4 heteroatoms. The number of allylic oxidation sites excluding steroid dienone is 1. The number of Topliss-reactive ketones (excluding diaryl/α,β-unsaturated/α-hetero) is 1. The molecule has 1 saturated heterocycles. The molecule has 2 aliphatic rings. The highest BCUT2D eigenvalue weighted by molar-refractivity contribution is 6.10. The summed E-state index contributed by atoms with van der Waals surface area (Å²) in [5, 5.41) is 3.19. The predicted molar refractivity (Wildman–Crippen MR) is 115 cm³/mol. The van der Waals surface area contributed by atoms with Crippen molar-refractivity contribution in [3.8, 4) is 0 Å². The molecule has 0 saturated carbocycles. The fourth-order valence-electron chi connectivity index (χ4n) is 4.47. The van der Waals surface area contributed by atoms with Crippen molar-refractivity contribution in [2.45, 2.75) is 44.7 Å². The molecule has 1 aliphatic carbocycles. The van der Waals surface area contributed by atoms with E-state index in [1.807, 2.05) is 36.4 Å². The van der Waals surface area contributed by atoms with E-state index in [1.54, 1.807) is 0 Å². The number of hydrogen-bond donors (Lipinski definition) is 1. The number of ketones is 1. The van der Waals surface area contributed by atoms with E-state index >= 15 is 0 Å². The van der Waals surface area contributed by atoms with Crippen molar-refractivity contribution >= 4 is 17.3 Å². The van der Waals surface area contributed by atoms with Gasteiger partial charge < -0.3 is 5.32 Å². The van der Waals surface area contributed by atoms with E-state index in [1.165, 1.54) is 5.56 Å². The SMILES string of the molecule is O=C(CC1=C(c2ccccc2)CCC1=O)N[C@H]1CCCN(Cc2ccccc2)C1. The molecule has 2 aromatic rings. The standard InChI is InChI=1S/C25H28N2O2/c28-24-14-13-22(20-10-5-2-6-11-20)23(24)16-25(29)26-21-12-7-15-27(18-21)17-19-8-3-1-4-9-19/h1-6,8-11,21H,7,12-18H2,(H,26,29)/t21-/m0/s1. The Kier molecular flexibility index (Phi) is 6.20. The lowest BCUT2D eigenvalue weighted by Gasteiger charge is -2.33. The van der Waals surface area contributed by atoms with Crippen LogP contribution in [0.3, 0.4) is 0 Å². The van der Waals surface area contributed by atoms with Gasteiger partial charge in [0.1, 0.15) is 0 Å². The Hall–Kier alpha value is -2.72. The molecular formula is C25H28N2O2. The van der Waals surface area contributed by atoms with E-state index in [9.17, 15) is 9.59 Å². The summed E-state index contributed by atoms with van der Waals surface area (Å²) in [6.45, 7) is 2.83. The number of hydrogen-bond acceptors (Lipinski definition) is 3. The molecule has 29 heavy (non-hydrogen) atoms. The van der Waals surface area contributed by atoms with Crippen LogP contribution in [0.2, 0.25) is 0 Å². The molecule has 0 spiro atoms. The normalized spacial score (nSPS) is 20.1. The summed E-state index contributed by atoms with van der Waals surface area (Å²) in [5.74, 6) is 0.0867. The fraction of sp³-hybridized carbons (Fsp3) is 0.360. The quantitative estimate of drug-likeness (QED) is 0.814. The van der Waals surface area contributed by atoms with Gasteiger partial charge in [-0.1, -0.05) is 60.7 Å². The molecule has 1 amide bonds. The zero-order valence-corrected chi connectivity index (χ0v) is 16.8. The molecule has 1 heterocycles. The van der Waals surface area contributed by atoms with Crippen LogP contribution in [0, 0.1) is 0 Å². The zero-order valence-electron chi connectivity index (χ0n) is 16.8. The number of nitrogens with zero attached hydrogens (tertiary/aromatic N) is 1. The van der Waals surface area contributed by atoms with Gasteiger partial charge in [0.15, 0.2) is 5.78 Å². The molecule has 4 nitrogen and oxygen atoms in total. The van der Waals surface area contributed by atoms with Crippen molar-refractivity contribution in [3.05, 3.63) is 77.4 Å². The highest BCUT2D eigenvalue weighted by Crippen LogP contribution is 2.33. The molecule has 0 unspecified atom stereocenters. The van der Waals surface area contributed by atoms with E-state index < -0.39 is 0 Å². The molecular weight excluding hydrogens is 360 g/mol. The maximum Gasteiger partial charge on any atom is 0.224 e. The maximum atomic E-state index is 12.7. The Labute approximate surface area is 172 Å². The van der Waals surface area contributed by atoms with E-state index in [4.69, 9.17) is 0 Å². The van der Waals surface area contributed by atoms with Gasteiger partial charge in [-0.2, -0.15) is 0 Å². The summed E-state index contributed by atoms with van der Waals surface area (Å²) in [4.78, 5) is 27.5. The van der Waals surface area contributed by atoms with E-state index in [0.29, 0.717) is 12.0 Å². The largest absolute Gasteiger partial charge is 0.352 e. The highest BCUT2D eigenvalue weighted by atomic mass is 16.2. The summed E-state index contributed by atoms with van der Waals surface area (Å²) in [6, 6.07) is 20.6. The second kappa shape index (κ2) is 9.19. The van der Waals surface area contributed by atoms with Gasteiger partial charge >= 0.3 is 0 Å². The number of nitrogens with one attached hydrogen (secondary N) is 1. The summed E-state index contributed by atoms with van der Waals surface area (Å²) in [7, 11) is 0. The molecule has 1 aliphatic heterocycles. The van der Waals surface area contributed by atoms with Gasteiger partial charge in [0.25, 0.3) is 0 Å². The first-order chi connectivity index (χ1) is 14.2. The van der Waals surface area contributed by atoms with Crippen molar-refractivity contribution in [3.63, 3.8) is 0 Å². The van der Waals surface area contributed by atoms with E-state index in [-0.39, 0.29) is 24.2 Å². The third-order valence-corrected chi connectivity index (χ3v) is 5.88. The minimum atomic E-state index is -0.0322. The van der Waals surface area contributed by atoms with Crippen LogP contribution >= 0.6 is 0 Å². The van der Waals surface area contributed by atoms with Crippen LogP contribution in [0.5, 0.6) is 0 Å². The summed E-state index contributed by atoms with van der Waals surface area (Å²) in [6.07, 6.45) is 3.52. The zero-order chi connectivity index (χ0) is 20.1. The highest BCUT2D eigenvalue weighted by Gasteiger charge is 2.27. The summed E-state index contributed by atoms with van der Waals surface area (Å²) in [5.41, 5.74) is 4.10. The van der Waals surface area contributed by atoms with Gasteiger partial charge in [-0.15, -0.1) is 0 Å². The van der Waals surface area contributed by atoms with Gasteiger partial charge in [-0.3, -0.25) is 14.5 Å². The van der Waals surface area contributed by atoms with Crippen molar-refractivity contribution in [2.75, 3.05) is 13.1 Å². The lowest BCUT2D eigenvalue weighted by molar-refractivity contribution is -0.123. The number of carbonyl (C=O) groups is 2. The van der Waals surface area contributed by atoms with E-state index in [0.717, 1.165) is 50.0 Å². The number of carbonyl (C=O) groups excluding carboxylic acids is 2. The Morgan fingerprint density at radius 2 is 1.72 bits per heavy atom. The topological polar surface area (TPSA) is 49.4 Å². The van der Waals surface area contributed by atoms with Crippen molar-refractivity contribution in [2.24, 2.45) is 0 Å².